The smallest absolute Gasteiger partial charge is 0.244 e. The third-order valence-electron chi connectivity index (χ3n) is 6.12. The number of carbonyl (C=O) groups excluding carboxylic acids is 1. The first kappa shape index (κ1) is 29.6. The molecule has 192 valence electrons. The quantitative estimate of drug-likeness (QED) is 0.115. The molecule has 0 saturated heterocycles. The molecule has 0 bridgehead atoms. The van der Waals surface area contributed by atoms with Gasteiger partial charge in [0.25, 0.3) is 0 Å². The van der Waals surface area contributed by atoms with Crippen LogP contribution < -0.4 is 15.2 Å². The number of unbranched alkanes of at least 4 members (excludes halogenated alkanes) is 12. The van der Waals surface area contributed by atoms with Crippen molar-refractivity contribution in [2.45, 2.75) is 103 Å². The number of phenols is 1. The van der Waals surface area contributed by atoms with Gasteiger partial charge in [0.15, 0.2) is 11.5 Å². The molecule has 0 radical (unpaired) electrons. The Balaban J connectivity index is 2.23. The summed E-state index contributed by atoms with van der Waals surface area (Å²) in [5.41, 5.74) is 6.88. The van der Waals surface area contributed by atoms with Crippen molar-refractivity contribution in [3.63, 3.8) is 0 Å². The monoisotopic (exact) mass is 473 g/mol. The van der Waals surface area contributed by atoms with Crippen LogP contribution >= 0.6 is 0 Å². The molecule has 34 heavy (non-hydrogen) atoms. The average molecular weight is 474 g/mol. The molecular formula is C29H47NO4. The molecular weight excluding hydrogens is 426 g/mol. The van der Waals surface area contributed by atoms with Gasteiger partial charge >= 0.3 is 0 Å². The van der Waals surface area contributed by atoms with E-state index in [0.29, 0.717) is 29.1 Å². The molecule has 0 saturated carbocycles. The molecule has 0 aliphatic heterocycles. The van der Waals surface area contributed by atoms with Crippen molar-refractivity contribution in [1.29, 1.82) is 0 Å². The molecule has 5 heteroatoms. The zero-order valence-electron chi connectivity index (χ0n) is 21.7. The number of nitrogens with two attached hydrogens (primary N) is 1. The number of phenolic OH excluding ortho intramolecular Hbond substituents is 1. The summed E-state index contributed by atoms with van der Waals surface area (Å²) in [7, 11) is 2.95. The van der Waals surface area contributed by atoms with Crippen LogP contribution in [0.5, 0.6) is 17.2 Å². The summed E-state index contributed by atoms with van der Waals surface area (Å²) in [4.78, 5) is 11.9. The van der Waals surface area contributed by atoms with Crippen molar-refractivity contribution in [2.75, 3.05) is 14.2 Å². The minimum atomic E-state index is -0.418. The molecule has 0 aromatic heterocycles. The lowest BCUT2D eigenvalue weighted by molar-refractivity contribution is -0.114. The third-order valence-corrected chi connectivity index (χ3v) is 6.12. The number of aromatic hydroxyl groups is 1. The van der Waals surface area contributed by atoms with E-state index in [4.69, 9.17) is 15.2 Å². The van der Waals surface area contributed by atoms with Crippen molar-refractivity contribution in [3.05, 3.63) is 35.4 Å². The van der Waals surface area contributed by atoms with Gasteiger partial charge in [0.05, 0.1) is 14.2 Å². The summed E-state index contributed by atoms with van der Waals surface area (Å²) in [6.45, 7) is 2.26. The van der Waals surface area contributed by atoms with Crippen LogP contribution in [0.4, 0.5) is 0 Å². The molecule has 1 aromatic carbocycles. The number of hydrogen-bond acceptors (Lipinski definition) is 4. The molecule has 0 unspecified atom stereocenters. The Morgan fingerprint density at radius 2 is 1.29 bits per heavy atom. The van der Waals surface area contributed by atoms with E-state index in [1.165, 1.54) is 91.3 Å². The summed E-state index contributed by atoms with van der Waals surface area (Å²) < 4.78 is 10.4. The number of carbonyl (C=O) groups is 1. The van der Waals surface area contributed by atoms with E-state index in [0.717, 1.165) is 12.8 Å². The van der Waals surface area contributed by atoms with Gasteiger partial charge in [-0.15, -0.1) is 0 Å². The van der Waals surface area contributed by atoms with Crippen molar-refractivity contribution < 1.29 is 19.4 Å². The minimum Gasteiger partial charge on any atom is -0.502 e. The maximum Gasteiger partial charge on any atom is 0.244 e. The molecule has 0 aliphatic carbocycles. The predicted octanol–water partition coefficient (Wildman–Crippen LogP) is 7.71. The Kier molecular flexibility index (Phi) is 16.5. The lowest BCUT2D eigenvalue weighted by Gasteiger charge is -2.10. The molecule has 5 nitrogen and oxygen atoms in total. The number of allylic oxidation sites excluding steroid dienone is 2. The topological polar surface area (TPSA) is 81.8 Å². The summed E-state index contributed by atoms with van der Waals surface area (Å²) in [6.07, 6.45) is 24.6. The summed E-state index contributed by atoms with van der Waals surface area (Å²) in [5.74, 6) is 0.119. The highest BCUT2D eigenvalue weighted by molar-refractivity contribution is 5.96. The Labute approximate surface area is 207 Å². The molecule has 0 heterocycles. The van der Waals surface area contributed by atoms with Gasteiger partial charge in [0, 0.05) is 5.57 Å². The fourth-order valence-corrected chi connectivity index (χ4v) is 4.03. The number of ether oxygens (including phenoxy) is 2. The molecule has 1 amide bonds. The third kappa shape index (κ3) is 12.7. The van der Waals surface area contributed by atoms with Crippen LogP contribution in [0.1, 0.15) is 109 Å². The maximum atomic E-state index is 11.9. The number of benzene rings is 1. The molecule has 0 fully saturated rings. The van der Waals surface area contributed by atoms with E-state index in [1.807, 2.05) is 0 Å². The first-order valence-corrected chi connectivity index (χ1v) is 13.1. The zero-order valence-corrected chi connectivity index (χ0v) is 21.7. The Hall–Kier alpha value is -2.43. The molecule has 1 rings (SSSR count). The van der Waals surface area contributed by atoms with Crippen molar-refractivity contribution in [1.82, 2.24) is 0 Å². The predicted molar refractivity (Wildman–Crippen MR) is 142 cm³/mol. The first-order chi connectivity index (χ1) is 16.5. The second-order valence-electron chi connectivity index (χ2n) is 9.00. The molecule has 0 aliphatic rings. The van der Waals surface area contributed by atoms with Crippen molar-refractivity contribution >= 4 is 12.0 Å². The van der Waals surface area contributed by atoms with Crippen LogP contribution in [0.15, 0.2) is 29.9 Å². The largest absolute Gasteiger partial charge is 0.502 e. The Morgan fingerprint density at radius 3 is 1.76 bits per heavy atom. The normalized spacial score (nSPS) is 11.8. The van der Waals surface area contributed by atoms with Gasteiger partial charge in [0.1, 0.15) is 0 Å². The zero-order chi connectivity index (χ0) is 25.0. The highest BCUT2D eigenvalue weighted by Crippen LogP contribution is 2.37. The lowest BCUT2D eigenvalue weighted by atomic mass is 10.0. The number of hydrogen-bond donors (Lipinski definition) is 2. The van der Waals surface area contributed by atoms with Gasteiger partial charge in [0.2, 0.25) is 11.7 Å². The van der Waals surface area contributed by atoms with E-state index >= 15 is 0 Å². The number of primary amides is 1. The SMILES string of the molecule is CCCCCCCC/C=C\CCCCCCCC/C(=C\c1cc(OC)c(O)c(OC)c1)C(N)=O. The number of methoxy groups -OCH3 is 2. The fourth-order valence-electron chi connectivity index (χ4n) is 4.03. The summed E-state index contributed by atoms with van der Waals surface area (Å²) in [5, 5.41) is 10.0. The van der Waals surface area contributed by atoms with Crippen LogP contribution in [0.2, 0.25) is 0 Å². The van der Waals surface area contributed by atoms with Gasteiger partial charge in [-0.25, -0.2) is 0 Å². The minimum absolute atomic E-state index is 0.0592. The number of rotatable bonds is 20. The van der Waals surface area contributed by atoms with E-state index in [-0.39, 0.29) is 5.75 Å². The second-order valence-corrected chi connectivity index (χ2v) is 9.00. The van der Waals surface area contributed by atoms with Crippen molar-refractivity contribution in [2.24, 2.45) is 5.73 Å². The summed E-state index contributed by atoms with van der Waals surface area (Å²) in [6, 6.07) is 3.34. The van der Waals surface area contributed by atoms with E-state index in [1.54, 1.807) is 18.2 Å². The number of amides is 1. The van der Waals surface area contributed by atoms with Crippen LogP contribution in [0.3, 0.4) is 0 Å². The average Bonchev–Trinajstić information content (AvgIpc) is 2.83. The Morgan fingerprint density at radius 1 is 0.824 bits per heavy atom. The van der Waals surface area contributed by atoms with Crippen LogP contribution in [-0.4, -0.2) is 25.2 Å². The molecule has 1 aromatic rings. The van der Waals surface area contributed by atoms with E-state index in [2.05, 4.69) is 19.1 Å². The van der Waals surface area contributed by atoms with Crippen molar-refractivity contribution in [3.8, 4) is 17.2 Å². The van der Waals surface area contributed by atoms with E-state index < -0.39 is 5.91 Å². The van der Waals surface area contributed by atoms with Crippen LogP contribution in [0, 0.1) is 0 Å². The highest BCUT2D eigenvalue weighted by Gasteiger charge is 2.12. The van der Waals surface area contributed by atoms with E-state index in [9.17, 15) is 9.90 Å². The molecule has 0 atom stereocenters. The summed E-state index contributed by atoms with van der Waals surface area (Å²) >= 11 is 0. The van der Waals surface area contributed by atoms with Gasteiger partial charge in [-0.05, 0) is 62.3 Å². The van der Waals surface area contributed by atoms with Gasteiger partial charge in [-0.2, -0.15) is 0 Å². The van der Waals surface area contributed by atoms with Gasteiger partial charge in [-0.3, -0.25) is 4.79 Å². The maximum absolute atomic E-state index is 11.9. The van der Waals surface area contributed by atoms with Crippen LogP contribution in [0.25, 0.3) is 6.08 Å². The molecule has 3 N–H and O–H groups in total. The fraction of sp³-hybridized carbons (Fsp3) is 0.621. The van der Waals surface area contributed by atoms with Crippen LogP contribution in [-0.2, 0) is 4.79 Å². The highest BCUT2D eigenvalue weighted by atomic mass is 16.5. The second kappa shape index (κ2) is 18.9. The standard InChI is InChI=1S/C29H47NO4/c1-4-5-6-7-8-9-10-11-12-13-14-15-16-17-18-19-20-25(29(30)32)21-24-22-26(33-2)28(31)27(23-24)34-3/h11-12,21-23,31H,4-10,13-20H2,1-3H3,(H2,30,32)/b12-11-,25-21+. The molecule has 0 spiro atoms. The lowest BCUT2D eigenvalue weighted by Crippen LogP contribution is -2.13. The first-order valence-electron chi connectivity index (χ1n) is 13.1. The van der Waals surface area contributed by atoms with Gasteiger partial charge in [-0.1, -0.05) is 76.9 Å². The van der Waals surface area contributed by atoms with Gasteiger partial charge < -0.3 is 20.3 Å². The Bertz CT molecular complexity index is 729.